The molecule has 0 bridgehead atoms. The molecule has 2 heterocycles. The number of nitrogens with one attached hydrogen (secondary N) is 1. The molecule has 9 heteroatoms. The van der Waals surface area contributed by atoms with E-state index in [4.69, 9.17) is 16.3 Å². The third-order valence-corrected chi connectivity index (χ3v) is 6.62. The van der Waals surface area contributed by atoms with Gasteiger partial charge in [0.1, 0.15) is 23.4 Å². The van der Waals surface area contributed by atoms with E-state index in [-0.39, 0.29) is 36.1 Å². The average molecular weight is 520 g/mol. The van der Waals surface area contributed by atoms with Gasteiger partial charge < -0.3 is 15.0 Å². The second-order valence-corrected chi connectivity index (χ2v) is 9.11. The van der Waals surface area contributed by atoms with E-state index in [1.54, 1.807) is 24.3 Å². The van der Waals surface area contributed by atoms with E-state index in [9.17, 15) is 9.59 Å². The number of amides is 2. The predicted molar refractivity (Wildman–Crippen MR) is 140 cm³/mol. The summed E-state index contributed by atoms with van der Waals surface area (Å²) in [6, 6.07) is 19.8. The van der Waals surface area contributed by atoms with E-state index < -0.39 is 6.04 Å². The van der Waals surface area contributed by atoms with Crippen LogP contribution in [0, 0.1) is 0 Å². The summed E-state index contributed by atoms with van der Waals surface area (Å²) in [7, 11) is 0. The molecule has 1 saturated heterocycles. The summed E-state index contributed by atoms with van der Waals surface area (Å²) in [5, 5.41) is 5.27. The Balaban J connectivity index is 0.00000324. The number of alkyl halides is 1. The van der Waals surface area contributed by atoms with Crippen molar-refractivity contribution in [2.75, 3.05) is 30.4 Å². The molecule has 180 valence electrons. The number of benzene rings is 2. The fourth-order valence-corrected chi connectivity index (χ4v) is 4.85. The van der Waals surface area contributed by atoms with E-state index in [0.29, 0.717) is 24.5 Å². The lowest BCUT2D eigenvalue weighted by Crippen LogP contribution is -2.55. The van der Waals surface area contributed by atoms with E-state index in [1.807, 2.05) is 59.7 Å². The van der Waals surface area contributed by atoms with Crippen molar-refractivity contribution in [2.24, 2.45) is 0 Å². The Bertz CT molecular complexity index is 1060. The van der Waals surface area contributed by atoms with Crippen LogP contribution in [0.15, 0.2) is 72.1 Å². The van der Waals surface area contributed by atoms with Crippen molar-refractivity contribution in [3.8, 4) is 11.5 Å². The highest BCUT2D eigenvalue weighted by Crippen LogP contribution is 2.34. The van der Waals surface area contributed by atoms with Gasteiger partial charge in [-0.2, -0.15) is 0 Å². The largest absolute Gasteiger partial charge is 0.457 e. The minimum Gasteiger partial charge on any atom is -0.457 e. The van der Waals surface area contributed by atoms with Crippen molar-refractivity contribution in [1.29, 1.82) is 0 Å². The molecule has 1 aliphatic heterocycles. The third-order valence-electron chi connectivity index (χ3n) is 5.46. The number of halogens is 2. The number of anilines is 1. The van der Waals surface area contributed by atoms with Crippen LogP contribution in [0.2, 0.25) is 0 Å². The molecule has 1 fully saturated rings. The molecule has 1 N–H and O–H groups in total. The molecule has 0 saturated carbocycles. The van der Waals surface area contributed by atoms with Crippen LogP contribution in [0.3, 0.4) is 0 Å². The van der Waals surface area contributed by atoms with Crippen LogP contribution in [-0.4, -0.2) is 48.3 Å². The molecule has 2 atom stereocenters. The van der Waals surface area contributed by atoms with Gasteiger partial charge in [-0.3, -0.25) is 14.5 Å². The zero-order valence-electron chi connectivity index (χ0n) is 18.7. The summed E-state index contributed by atoms with van der Waals surface area (Å²) in [4.78, 5) is 30.9. The highest BCUT2D eigenvalue weighted by Gasteiger charge is 2.37. The lowest BCUT2D eigenvalue weighted by molar-refractivity contribution is -0.135. The first-order valence-corrected chi connectivity index (χ1v) is 12.2. The van der Waals surface area contributed by atoms with Gasteiger partial charge in [0.2, 0.25) is 5.91 Å². The van der Waals surface area contributed by atoms with Crippen LogP contribution < -0.4 is 15.0 Å². The Hall–Kier alpha value is -2.58. The second-order valence-electron chi connectivity index (χ2n) is 7.86. The number of ether oxygens (including phenoxy) is 1. The average Bonchev–Trinajstić information content (AvgIpc) is 3.37. The van der Waals surface area contributed by atoms with Crippen molar-refractivity contribution in [2.45, 2.75) is 19.0 Å². The number of carbonyl (C=O) groups excluding carboxylic acids is 2. The fourth-order valence-electron chi connectivity index (χ4n) is 3.91. The summed E-state index contributed by atoms with van der Waals surface area (Å²) in [6.07, 6.45) is 0. The second kappa shape index (κ2) is 12.2. The quantitative estimate of drug-likeness (QED) is 0.441. The monoisotopic (exact) mass is 519 g/mol. The highest BCUT2D eigenvalue weighted by atomic mass is 35.5. The van der Waals surface area contributed by atoms with Crippen molar-refractivity contribution < 1.29 is 14.3 Å². The maximum Gasteiger partial charge on any atom is 0.251 e. The van der Waals surface area contributed by atoms with Gasteiger partial charge in [-0.15, -0.1) is 35.3 Å². The predicted octanol–water partition coefficient (Wildman–Crippen LogP) is 5.10. The molecule has 34 heavy (non-hydrogen) atoms. The molecule has 0 radical (unpaired) electrons. The summed E-state index contributed by atoms with van der Waals surface area (Å²) >= 11 is 7.46. The van der Waals surface area contributed by atoms with Crippen molar-refractivity contribution >= 4 is 52.8 Å². The fraction of sp³-hybridized carbons (Fsp3) is 0.280. The number of para-hydroxylation sites is 1. The zero-order chi connectivity index (χ0) is 23.2. The molecule has 1 unspecified atom stereocenters. The maximum absolute atomic E-state index is 13.7. The van der Waals surface area contributed by atoms with Crippen molar-refractivity contribution in [3.63, 3.8) is 0 Å². The van der Waals surface area contributed by atoms with Crippen LogP contribution in [0.5, 0.6) is 11.5 Å². The normalized spacial score (nSPS) is 16.3. The molecule has 6 nitrogen and oxygen atoms in total. The molecule has 2 aromatic carbocycles. The molecule has 1 aliphatic rings. The van der Waals surface area contributed by atoms with Gasteiger partial charge in [-0.05, 0) is 54.8 Å². The first kappa shape index (κ1) is 26.0. The van der Waals surface area contributed by atoms with E-state index in [2.05, 4.69) is 5.32 Å². The van der Waals surface area contributed by atoms with Crippen molar-refractivity contribution in [1.82, 2.24) is 10.2 Å². The number of piperazine rings is 1. The SMILES string of the molecule is C[C@@H]1CN(C(=O)C(c2cccs2)N(C(=O)CCl)c2ccc(Oc3ccccc3)cc2)CCN1.Cl. The molecular weight excluding hydrogens is 493 g/mol. The van der Waals surface area contributed by atoms with Gasteiger partial charge in [-0.25, -0.2) is 0 Å². The number of hydrogen-bond acceptors (Lipinski definition) is 5. The molecular formula is C25H27Cl2N3O3S. The van der Waals surface area contributed by atoms with Gasteiger partial charge >= 0.3 is 0 Å². The Morgan fingerprint density at radius 3 is 2.44 bits per heavy atom. The Morgan fingerprint density at radius 2 is 1.82 bits per heavy atom. The Morgan fingerprint density at radius 1 is 1.12 bits per heavy atom. The smallest absolute Gasteiger partial charge is 0.251 e. The van der Waals surface area contributed by atoms with Crippen LogP contribution in [0.1, 0.15) is 17.8 Å². The molecule has 3 aromatic rings. The summed E-state index contributed by atoms with van der Waals surface area (Å²) in [5.41, 5.74) is 0.594. The third kappa shape index (κ3) is 6.10. The topological polar surface area (TPSA) is 61.9 Å². The molecule has 4 rings (SSSR count). The first-order valence-electron chi connectivity index (χ1n) is 10.8. The highest BCUT2D eigenvalue weighted by molar-refractivity contribution is 7.10. The van der Waals surface area contributed by atoms with Crippen LogP contribution in [-0.2, 0) is 9.59 Å². The Labute approximate surface area is 214 Å². The van der Waals surface area contributed by atoms with E-state index in [0.717, 1.165) is 17.2 Å². The van der Waals surface area contributed by atoms with Gasteiger partial charge in [0, 0.05) is 36.2 Å². The molecule has 2 amide bonds. The van der Waals surface area contributed by atoms with Crippen LogP contribution in [0.4, 0.5) is 5.69 Å². The Kier molecular flexibility index (Phi) is 9.36. The summed E-state index contributed by atoms with van der Waals surface area (Å²) in [6.45, 7) is 3.96. The van der Waals surface area contributed by atoms with Gasteiger partial charge in [0.25, 0.3) is 5.91 Å². The number of hydrogen-bond donors (Lipinski definition) is 1. The summed E-state index contributed by atoms with van der Waals surface area (Å²) in [5.74, 6) is 0.698. The maximum atomic E-state index is 13.7. The molecule has 0 aliphatic carbocycles. The number of carbonyl (C=O) groups is 2. The van der Waals surface area contributed by atoms with Crippen LogP contribution >= 0.6 is 35.3 Å². The number of thiophene rings is 1. The zero-order valence-corrected chi connectivity index (χ0v) is 21.1. The minimum absolute atomic E-state index is 0. The van der Waals surface area contributed by atoms with E-state index >= 15 is 0 Å². The van der Waals surface area contributed by atoms with Gasteiger partial charge in [0.05, 0.1) is 0 Å². The summed E-state index contributed by atoms with van der Waals surface area (Å²) < 4.78 is 5.88. The lowest BCUT2D eigenvalue weighted by atomic mass is 10.1. The van der Waals surface area contributed by atoms with E-state index in [1.165, 1.54) is 16.2 Å². The first-order chi connectivity index (χ1) is 16.1. The molecule has 0 spiro atoms. The van der Waals surface area contributed by atoms with Gasteiger partial charge in [-0.1, -0.05) is 24.3 Å². The minimum atomic E-state index is -0.776. The number of rotatable bonds is 7. The molecule has 1 aromatic heterocycles. The van der Waals surface area contributed by atoms with Crippen LogP contribution in [0.25, 0.3) is 0 Å². The standard InChI is InChI=1S/C25H26ClN3O3S.ClH/c1-18-17-28(14-13-27-18)25(31)24(22-8-5-15-33-22)29(23(30)16-26)19-9-11-21(12-10-19)32-20-6-3-2-4-7-20;/h2-12,15,18,24,27H,13-14,16-17H2,1H3;1H/t18-,24?;/m1./s1. The lowest BCUT2D eigenvalue weighted by Gasteiger charge is -2.37. The number of nitrogens with zero attached hydrogens (tertiary/aromatic N) is 2. The van der Waals surface area contributed by atoms with Crippen molar-refractivity contribution in [3.05, 3.63) is 77.0 Å². The van der Waals surface area contributed by atoms with Gasteiger partial charge in [0.15, 0.2) is 0 Å².